The average molecular weight is 296 g/mol. The molecule has 2 saturated heterocycles. The van der Waals surface area contributed by atoms with Crippen molar-refractivity contribution in [3.8, 4) is 0 Å². The van der Waals surface area contributed by atoms with E-state index < -0.39 is 17.6 Å². The summed E-state index contributed by atoms with van der Waals surface area (Å²) in [5.41, 5.74) is -0.280. The zero-order valence-corrected chi connectivity index (χ0v) is 11.8. The maximum atomic E-state index is 14.1. The van der Waals surface area contributed by atoms with Crippen molar-refractivity contribution in [3.63, 3.8) is 0 Å². The molecular weight excluding hydrogens is 278 g/mol. The first-order valence-corrected chi connectivity index (χ1v) is 7.17. The summed E-state index contributed by atoms with van der Waals surface area (Å²) in [5, 5.41) is 6.56. The van der Waals surface area contributed by atoms with E-state index in [1.807, 2.05) is 0 Å². The van der Waals surface area contributed by atoms with Gasteiger partial charge in [0.2, 0.25) is 0 Å². The predicted molar refractivity (Wildman–Crippen MR) is 74.3 cm³/mol. The van der Waals surface area contributed by atoms with E-state index in [2.05, 4.69) is 15.4 Å². The van der Waals surface area contributed by atoms with Crippen LogP contribution in [0.25, 0.3) is 0 Å². The third-order valence-corrected chi connectivity index (χ3v) is 4.32. The van der Waals surface area contributed by atoms with E-state index in [0.717, 1.165) is 32.8 Å². The Morgan fingerprint density at radius 2 is 1.90 bits per heavy atom. The standard InChI is InChI=1S/C15H18F2N2O2/c1-21-15(20)11-4-5-12(14(17)13(11)16)19-10-6-8-2-3-9(7-10)18-8/h4-5,8-10,18-19H,2-3,6-7H2,1H3. The summed E-state index contributed by atoms with van der Waals surface area (Å²) < 4.78 is 32.4. The van der Waals surface area contributed by atoms with E-state index in [-0.39, 0.29) is 17.3 Å². The van der Waals surface area contributed by atoms with Gasteiger partial charge in [0, 0.05) is 18.1 Å². The van der Waals surface area contributed by atoms with Crippen molar-refractivity contribution in [3.05, 3.63) is 29.3 Å². The molecule has 1 aromatic rings. The Labute approximate surface area is 121 Å². The highest BCUT2D eigenvalue weighted by atomic mass is 19.2. The smallest absolute Gasteiger partial charge is 0.340 e. The van der Waals surface area contributed by atoms with Crippen molar-refractivity contribution in [2.45, 2.75) is 43.8 Å². The molecule has 0 amide bonds. The number of esters is 1. The van der Waals surface area contributed by atoms with Gasteiger partial charge < -0.3 is 15.4 Å². The fourth-order valence-corrected chi connectivity index (χ4v) is 3.32. The monoisotopic (exact) mass is 296 g/mol. The molecule has 2 unspecified atom stereocenters. The predicted octanol–water partition coefficient (Wildman–Crippen LogP) is 2.45. The molecule has 2 fully saturated rings. The summed E-state index contributed by atoms with van der Waals surface area (Å²) >= 11 is 0. The first-order valence-electron chi connectivity index (χ1n) is 7.17. The minimum atomic E-state index is -1.16. The molecule has 2 N–H and O–H groups in total. The van der Waals surface area contributed by atoms with Crippen LogP contribution in [0.1, 0.15) is 36.0 Å². The third kappa shape index (κ3) is 2.72. The molecule has 1 aromatic carbocycles. The van der Waals surface area contributed by atoms with Crippen LogP contribution < -0.4 is 10.6 Å². The zero-order chi connectivity index (χ0) is 15.0. The lowest BCUT2D eigenvalue weighted by Gasteiger charge is -2.30. The van der Waals surface area contributed by atoms with E-state index in [9.17, 15) is 13.6 Å². The van der Waals surface area contributed by atoms with Gasteiger partial charge in [-0.1, -0.05) is 0 Å². The summed E-state index contributed by atoms with van der Waals surface area (Å²) in [6, 6.07) is 3.70. The quantitative estimate of drug-likeness (QED) is 0.841. The van der Waals surface area contributed by atoms with Crippen molar-refractivity contribution in [2.75, 3.05) is 12.4 Å². The number of benzene rings is 1. The number of methoxy groups -OCH3 is 1. The minimum absolute atomic E-state index is 0.103. The van der Waals surface area contributed by atoms with E-state index in [1.165, 1.54) is 12.1 Å². The topological polar surface area (TPSA) is 50.4 Å². The Balaban J connectivity index is 1.77. The Kier molecular flexibility index (Phi) is 3.80. The number of hydrogen-bond donors (Lipinski definition) is 2. The maximum Gasteiger partial charge on any atom is 0.340 e. The molecule has 21 heavy (non-hydrogen) atoms. The van der Waals surface area contributed by atoms with E-state index >= 15 is 0 Å². The molecule has 3 rings (SSSR count). The largest absolute Gasteiger partial charge is 0.465 e. The number of piperidine rings is 1. The number of rotatable bonds is 3. The van der Waals surface area contributed by atoms with Crippen LogP contribution in [-0.2, 0) is 4.74 Å². The van der Waals surface area contributed by atoms with Gasteiger partial charge >= 0.3 is 5.97 Å². The van der Waals surface area contributed by atoms with Gasteiger partial charge in [-0.25, -0.2) is 13.6 Å². The lowest BCUT2D eigenvalue weighted by Crippen LogP contribution is -2.43. The Morgan fingerprint density at radius 3 is 2.52 bits per heavy atom. The number of ether oxygens (including phenoxy) is 1. The highest BCUT2D eigenvalue weighted by Crippen LogP contribution is 2.30. The molecule has 4 nitrogen and oxygen atoms in total. The zero-order valence-electron chi connectivity index (χ0n) is 11.8. The van der Waals surface area contributed by atoms with Gasteiger partial charge in [0.1, 0.15) is 0 Å². The lowest BCUT2D eigenvalue weighted by atomic mass is 9.99. The Morgan fingerprint density at radius 1 is 1.24 bits per heavy atom. The number of nitrogens with one attached hydrogen (secondary N) is 2. The van der Waals surface area contributed by atoms with Gasteiger partial charge in [-0.05, 0) is 37.8 Å². The summed E-state index contributed by atoms with van der Waals surface area (Å²) in [7, 11) is 1.14. The molecule has 0 radical (unpaired) electrons. The SMILES string of the molecule is COC(=O)c1ccc(NC2CC3CCC(C2)N3)c(F)c1F. The summed E-state index contributed by atoms with van der Waals surface area (Å²) in [6.07, 6.45) is 4.08. The number of anilines is 1. The molecule has 0 aromatic heterocycles. The minimum Gasteiger partial charge on any atom is -0.465 e. The normalized spacial score (nSPS) is 27.5. The van der Waals surface area contributed by atoms with Crippen molar-refractivity contribution in [2.24, 2.45) is 0 Å². The van der Waals surface area contributed by atoms with Crippen molar-refractivity contribution < 1.29 is 18.3 Å². The molecule has 2 atom stereocenters. The molecule has 2 aliphatic heterocycles. The van der Waals surface area contributed by atoms with Gasteiger partial charge in [-0.2, -0.15) is 0 Å². The molecule has 114 valence electrons. The van der Waals surface area contributed by atoms with Gasteiger partial charge in [-0.15, -0.1) is 0 Å². The first kappa shape index (κ1) is 14.3. The molecule has 0 spiro atoms. The molecule has 6 heteroatoms. The van der Waals surface area contributed by atoms with Gasteiger partial charge in [0.05, 0.1) is 18.4 Å². The van der Waals surface area contributed by atoms with Crippen LogP contribution in [0, 0.1) is 11.6 Å². The molecule has 2 bridgehead atoms. The van der Waals surface area contributed by atoms with Crippen molar-refractivity contribution in [1.29, 1.82) is 0 Å². The number of carbonyl (C=O) groups excluding carboxylic acids is 1. The fraction of sp³-hybridized carbons (Fsp3) is 0.533. The second-order valence-corrected chi connectivity index (χ2v) is 5.73. The summed E-state index contributed by atoms with van der Waals surface area (Å²) in [4.78, 5) is 11.3. The Bertz CT molecular complexity index is 553. The van der Waals surface area contributed by atoms with Crippen molar-refractivity contribution in [1.82, 2.24) is 5.32 Å². The molecule has 2 aliphatic rings. The van der Waals surface area contributed by atoms with Crippen LogP contribution in [-0.4, -0.2) is 31.2 Å². The fourth-order valence-electron chi connectivity index (χ4n) is 3.32. The van der Waals surface area contributed by atoms with Crippen LogP contribution >= 0.6 is 0 Å². The van der Waals surface area contributed by atoms with E-state index in [0.29, 0.717) is 12.1 Å². The number of fused-ring (bicyclic) bond motifs is 2. The molecule has 0 saturated carbocycles. The van der Waals surface area contributed by atoms with Crippen molar-refractivity contribution >= 4 is 11.7 Å². The summed E-state index contributed by atoms with van der Waals surface area (Å²) in [6.45, 7) is 0. The highest BCUT2D eigenvalue weighted by Gasteiger charge is 2.33. The number of hydrogen-bond acceptors (Lipinski definition) is 4. The number of carbonyl (C=O) groups is 1. The highest BCUT2D eigenvalue weighted by molar-refractivity contribution is 5.90. The van der Waals surface area contributed by atoms with E-state index in [4.69, 9.17) is 0 Å². The Hall–Kier alpha value is -1.69. The van der Waals surface area contributed by atoms with E-state index in [1.54, 1.807) is 0 Å². The number of halogens is 2. The van der Waals surface area contributed by atoms with Gasteiger partial charge in [0.15, 0.2) is 11.6 Å². The van der Waals surface area contributed by atoms with Crippen LogP contribution in [0.15, 0.2) is 12.1 Å². The van der Waals surface area contributed by atoms with Gasteiger partial charge in [-0.3, -0.25) is 0 Å². The van der Waals surface area contributed by atoms with Crippen LogP contribution in [0.4, 0.5) is 14.5 Å². The van der Waals surface area contributed by atoms with Crippen LogP contribution in [0.5, 0.6) is 0 Å². The first-order chi connectivity index (χ1) is 10.1. The second-order valence-electron chi connectivity index (χ2n) is 5.73. The molecule has 0 aliphatic carbocycles. The van der Waals surface area contributed by atoms with Crippen LogP contribution in [0.2, 0.25) is 0 Å². The molecule has 2 heterocycles. The van der Waals surface area contributed by atoms with Crippen LogP contribution in [0.3, 0.4) is 0 Å². The lowest BCUT2D eigenvalue weighted by molar-refractivity contribution is 0.0594. The summed E-state index contributed by atoms with van der Waals surface area (Å²) in [5.74, 6) is -3.06. The maximum absolute atomic E-state index is 14.1. The molecular formula is C15H18F2N2O2. The third-order valence-electron chi connectivity index (χ3n) is 4.32. The second kappa shape index (κ2) is 5.60. The van der Waals surface area contributed by atoms with Gasteiger partial charge in [0.25, 0.3) is 0 Å². The average Bonchev–Trinajstić information content (AvgIpc) is 2.82.